The molecule has 0 aromatic heterocycles. The normalized spacial score (nSPS) is 12.4. The van der Waals surface area contributed by atoms with E-state index in [9.17, 15) is 9.90 Å². The molecule has 156 valence electrons. The van der Waals surface area contributed by atoms with Gasteiger partial charge in [0.25, 0.3) is 0 Å². The molecule has 0 aliphatic rings. The molecular formula is C24H32N2O3. The van der Waals surface area contributed by atoms with Gasteiger partial charge in [0.1, 0.15) is 11.5 Å². The maximum Gasteiger partial charge on any atom is 0.302 e. The maximum absolute atomic E-state index is 12.2. The van der Waals surface area contributed by atoms with Crippen molar-refractivity contribution < 1.29 is 14.6 Å². The highest BCUT2D eigenvalue weighted by atomic mass is 16.5. The number of hydrogen-bond acceptors (Lipinski definition) is 4. The topological polar surface area (TPSA) is 71.2 Å². The largest absolute Gasteiger partial charge is 0.507 e. The van der Waals surface area contributed by atoms with E-state index in [0.29, 0.717) is 11.4 Å². The van der Waals surface area contributed by atoms with E-state index >= 15 is 0 Å². The van der Waals surface area contributed by atoms with E-state index in [4.69, 9.17) is 4.74 Å². The first-order valence-corrected chi connectivity index (χ1v) is 9.82. The zero-order chi connectivity index (χ0) is 22.0. The Labute approximate surface area is 173 Å². The van der Waals surface area contributed by atoms with Crippen molar-refractivity contribution in [2.75, 3.05) is 6.61 Å². The summed E-state index contributed by atoms with van der Waals surface area (Å²) in [5, 5.41) is 18.7. The monoisotopic (exact) mass is 396 g/mol. The fourth-order valence-corrected chi connectivity index (χ4v) is 3.12. The third-order valence-corrected chi connectivity index (χ3v) is 4.74. The van der Waals surface area contributed by atoms with Gasteiger partial charge in [-0.2, -0.15) is 0 Å². The maximum atomic E-state index is 12.2. The van der Waals surface area contributed by atoms with Crippen molar-refractivity contribution in [2.24, 2.45) is 10.2 Å². The van der Waals surface area contributed by atoms with Crippen LogP contribution >= 0.6 is 0 Å². The number of carbonyl (C=O) groups excluding carboxylic acids is 1. The van der Waals surface area contributed by atoms with Gasteiger partial charge in [-0.3, -0.25) is 4.79 Å². The lowest BCUT2D eigenvalue weighted by Crippen LogP contribution is -2.17. The number of rotatable bonds is 4. The number of benzene rings is 2. The lowest BCUT2D eigenvalue weighted by Gasteiger charge is -2.27. The van der Waals surface area contributed by atoms with Crippen molar-refractivity contribution in [1.29, 1.82) is 0 Å². The highest BCUT2D eigenvalue weighted by molar-refractivity contribution is 5.78. The first kappa shape index (κ1) is 22.6. The fourth-order valence-electron chi connectivity index (χ4n) is 3.12. The van der Waals surface area contributed by atoms with E-state index < -0.39 is 5.91 Å². The standard InChI is InChI=1S/C24H32N2O3/c1-15-10-9-11-16(2)22(15)29-14-20(27)26-25-17-12-18(23(3,4)5)21(28)19(13-17)24(6,7)8/h9-13,28H,14H2,1-8H3. The first-order chi connectivity index (χ1) is 13.3. The molecule has 0 aliphatic heterocycles. The van der Waals surface area contributed by atoms with Crippen molar-refractivity contribution in [3.05, 3.63) is 52.6 Å². The number of amides is 1. The van der Waals surface area contributed by atoms with Crippen molar-refractivity contribution >= 4 is 11.6 Å². The third-order valence-electron chi connectivity index (χ3n) is 4.74. The van der Waals surface area contributed by atoms with Gasteiger partial charge >= 0.3 is 5.91 Å². The first-order valence-electron chi connectivity index (χ1n) is 9.82. The molecule has 0 spiro atoms. The van der Waals surface area contributed by atoms with Crippen LogP contribution in [0.4, 0.5) is 5.69 Å². The minimum absolute atomic E-state index is 0.175. The highest BCUT2D eigenvalue weighted by Gasteiger charge is 2.26. The molecule has 5 nitrogen and oxygen atoms in total. The van der Waals surface area contributed by atoms with E-state index in [0.717, 1.165) is 22.3 Å². The number of phenolic OH excluding ortho intramolecular Hbond substituents is 1. The summed E-state index contributed by atoms with van der Waals surface area (Å²) in [5.74, 6) is 0.509. The molecule has 0 fully saturated rings. The van der Waals surface area contributed by atoms with Crippen molar-refractivity contribution in [3.8, 4) is 11.5 Å². The fraction of sp³-hybridized carbons (Fsp3) is 0.458. The molecule has 29 heavy (non-hydrogen) atoms. The second-order valence-corrected chi connectivity index (χ2v) is 9.49. The summed E-state index contributed by atoms with van der Waals surface area (Å²) in [6, 6.07) is 9.39. The van der Waals surface area contributed by atoms with E-state index in [1.54, 1.807) is 12.1 Å². The molecule has 0 aliphatic carbocycles. The summed E-state index contributed by atoms with van der Waals surface area (Å²) in [7, 11) is 0. The summed E-state index contributed by atoms with van der Waals surface area (Å²) < 4.78 is 5.65. The average Bonchev–Trinajstić information content (AvgIpc) is 2.58. The van der Waals surface area contributed by atoms with Gasteiger partial charge in [-0.05, 0) is 47.9 Å². The van der Waals surface area contributed by atoms with Crippen molar-refractivity contribution in [3.63, 3.8) is 0 Å². The molecule has 0 atom stereocenters. The van der Waals surface area contributed by atoms with Gasteiger partial charge in [0, 0.05) is 11.1 Å². The number of carbonyl (C=O) groups is 1. The smallest absolute Gasteiger partial charge is 0.302 e. The predicted molar refractivity (Wildman–Crippen MR) is 116 cm³/mol. The van der Waals surface area contributed by atoms with Gasteiger partial charge in [0.15, 0.2) is 6.61 Å². The van der Waals surface area contributed by atoms with Crippen LogP contribution in [-0.4, -0.2) is 17.6 Å². The molecule has 0 unspecified atom stereocenters. The Morgan fingerprint density at radius 3 is 1.90 bits per heavy atom. The third kappa shape index (κ3) is 5.66. The summed E-state index contributed by atoms with van der Waals surface area (Å²) in [6.07, 6.45) is 0. The molecule has 5 heteroatoms. The van der Waals surface area contributed by atoms with Gasteiger partial charge in [0.05, 0.1) is 5.69 Å². The van der Waals surface area contributed by atoms with Crippen LogP contribution in [0.3, 0.4) is 0 Å². The van der Waals surface area contributed by atoms with Crippen LogP contribution in [0.25, 0.3) is 0 Å². The number of ether oxygens (including phenoxy) is 1. The molecule has 0 heterocycles. The van der Waals surface area contributed by atoms with E-state index in [-0.39, 0.29) is 23.2 Å². The molecule has 2 rings (SSSR count). The number of phenols is 1. The van der Waals surface area contributed by atoms with Crippen molar-refractivity contribution in [2.45, 2.75) is 66.2 Å². The van der Waals surface area contributed by atoms with Crippen LogP contribution in [0, 0.1) is 13.8 Å². The number of azo groups is 1. The van der Waals surface area contributed by atoms with Gasteiger partial charge in [-0.1, -0.05) is 59.7 Å². The van der Waals surface area contributed by atoms with Crippen LogP contribution in [-0.2, 0) is 15.6 Å². The number of aromatic hydroxyl groups is 1. The summed E-state index contributed by atoms with van der Waals surface area (Å²) in [6.45, 7) is 15.9. The van der Waals surface area contributed by atoms with Crippen LogP contribution in [0.2, 0.25) is 0 Å². The van der Waals surface area contributed by atoms with Gasteiger partial charge in [-0.25, -0.2) is 0 Å². The number of nitrogens with zero attached hydrogens (tertiary/aromatic N) is 2. The predicted octanol–water partition coefficient (Wildman–Crippen LogP) is 6.29. The summed E-state index contributed by atoms with van der Waals surface area (Å²) in [5.41, 5.74) is 3.49. The Morgan fingerprint density at radius 2 is 1.45 bits per heavy atom. The second kappa shape index (κ2) is 8.36. The SMILES string of the molecule is Cc1cccc(C)c1OCC(=O)N=Nc1cc(C(C)(C)C)c(O)c(C(C)(C)C)c1. The molecule has 2 aromatic carbocycles. The molecule has 1 N–H and O–H groups in total. The van der Waals surface area contributed by atoms with Crippen LogP contribution in [0.1, 0.15) is 63.8 Å². The van der Waals surface area contributed by atoms with E-state index in [2.05, 4.69) is 10.2 Å². The molecule has 0 bridgehead atoms. The molecule has 0 saturated carbocycles. The Bertz CT molecular complexity index is 877. The lowest BCUT2D eigenvalue weighted by atomic mass is 9.79. The van der Waals surface area contributed by atoms with E-state index in [1.165, 1.54) is 0 Å². The molecule has 0 radical (unpaired) electrons. The quantitative estimate of drug-likeness (QED) is 0.617. The molecule has 2 aromatic rings. The van der Waals surface area contributed by atoms with Gasteiger partial charge in [-0.15, -0.1) is 10.2 Å². The summed E-state index contributed by atoms with van der Waals surface area (Å²) in [4.78, 5) is 12.2. The minimum atomic E-state index is -0.463. The van der Waals surface area contributed by atoms with Gasteiger partial charge < -0.3 is 9.84 Å². The Balaban J connectivity index is 2.26. The average molecular weight is 397 g/mol. The summed E-state index contributed by atoms with van der Waals surface area (Å²) >= 11 is 0. The molecular weight excluding hydrogens is 364 g/mol. The highest BCUT2D eigenvalue weighted by Crippen LogP contribution is 2.41. The Hall–Kier alpha value is -2.69. The zero-order valence-corrected chi connectivity index (χ0v) is 18.8. The number of para-hydroxylation sites is 1. The lowest BCUT2D eigenvalue weighted by molar-refractivity contribution is -0.120. The minimum Gasteiger partial charge on any atom is -0.507 e. The van der Waals surface area contributed by atoms with Gasteiger partial charge in [0.2, 0.25) is 0 Å². The van der Waals surface area contributed by atoms with E-state index in [1.807, 2.05) is 73.6 Å². The Kier molecular flexibility index (Phi) is 6.51. The molecule has 1 amide bonds. The Morgan fingerprint density at radius 1 is 0.966 bits per heavy atom. The van der Waals surface area contributed by atoms with Crippen molar-refractivity contribution in [1.82, 2.24) is 0 Å². The van der Waals surface area contributed by atoms with Crippen LogP contribution in [0.15, 0.2) is 40.6 Å². The second-order valence-electron chi connectivity index (χ2n) is 9.49. The van der Waals surface area contributed by atoms with Crippen LogP contribution in [0.5, 0.6) is 11.5 Å². The molecule has 0 saturated heterocycles. The number of aryl methyl sites for hydroxylation is 2. The zero-order valence-electron chi connectivity index (χ0n) is 18.8. The van der Waals surface area contributed by atoms with Crippen LogP contribution < -0.4 is 4.74 Å². The number of hydrogen-bond donors (Lipinski definition) is 1.